The minimum atomic E-state index is -2.12. The summed E-state index contributed by atoms with van der Waals surface area (Å²) in [6, 6.07) is 0. The molecule has 0 rings (SSSR count). The van der Waals surface area contributed by atoms with Crippen LogP contribution in [0.2, 0.25) is 0 Å². The van der Waals surface area contributed by atoms with Gasteiger partial charge in [0, 0.05) is 0 Å². The third-order valence-corrected chi connectivity index (χ3v) is 0.512. The maximum Gasteiger partial charge on any atom is 3.00 e. The molecule has 0 saturated carbocycles. The molecule has 15 nitrogen and oxygen atoms in total. The summed E-state index contributed by atoms with van der Waals surface area (Å²) in [5.41, 5.74) is 0. The van der Waals surface area contributed by atoms with Gasteiger partial charge in [-0.25, -0.2) is 14.4 Å². The van der Waals surface area contributed by atoms with E-state index in [1.807, 2.05) is 0 Å². The number of ether oxygens (including phenoxy) is 3. The van der Waals surface area contributed by atoms with Gasteiger partial charge >= 0.3 is 49.6 Å². The zero-order valence-corrected chi connectivity index (χ0v) is 13.9. The Morgan fingerprint density at radius 1 is 0.545 bits per heavy atom. The van der Waals surface area contributed by atoms with Gasteiger partial charge in [0.15, 0.2) is 0 Å². The molecular weight excluding hydrogens is 550 g/mol. The molecule has 3 N–H and O–H groups in total. The Morgan fingerprint density at radius 3 is 0.773 bits per heavy atom. The predicted octanol–water partition coefficient (Wildman–Crippen LogP) is -2.93. The first-order valence-electron chi connectivity index (χ1n) is 3.73. The van der Waals surface area contributed by atoms with Crippen molar-refractivity contribution in [2.75, 3.05) is 0 Å². The van der Waals surface area contributed by atoms with Crippen LogP contribution in [0.15, 0.2) is 0 Å². The maximum absolute atomic E-state index is 9.21. The van der Waals surface area contributed by atoms with Crippen molar-refractivity contribution in [1.82, 2.24) is 0 Å². The summed E-state index contributed by atoms with van der Waals surface area (Å²) in [6.07, 6.45) is -11.8. The van der Waals surface area contributed by atoms with E-state index in [0.717, 1.165) is 0 Å². The van der Waals surface area contributed by atoms with Crippen molar-refractivity contribution < 1.29 is 105 Å². The standard InChI is InChI=1S/3C2H2O5.U/c3*3-1(4)7-2(5)6;/h3*(H,3,4)(H,5,6);/q;;;+3/p-3. The maximum atomic E-state index is 9.21. The van der Waals surface area contributed by atoms with E-state index in [1.165, 1.54) is 0 Å². The van der Waals surface area contributed by atoms with Crippen molar-refractivity contribution >= 4 is 36.9 Å². The first kappa shape index (κ1) is 27.6. The van der Waals surface area contributed by atoms with Crippen LogP contribution in [0.5, 0.6) is 0 Å². The molecule has 0 spiro atoms. The van der Waals surface area contributed by atoms with Crippen molar-refractivity contribution in [3.8, 4) is 0 Å². The first-order chi connectivity index (χ1) is 9.38. The van der Waals surface area contributed by atoms with E-state index < -0.39 is 36.9 Å². The summed E-state index contributed by atoms with van der Waals surface area (Å²) in [6.45, 7) is 0. The zero-order valence-electron chi connectivity index (χ0n) is 9.74. The summed E-state index contributed by atoms with van der Waals surface area (Å²) in [7, 11) is 0. The van der Waals surface area contributed by atoms with Crippen LogP contribution in [0.25, 0.3) is 0 Å². The number of carbonyl (C=O) groups is 6. The molecule has 0 fully saturated rings. The van der Waals surface area contributed by atoms with E-state index in [2.05, 4.69) is 14.2 Å². The van der Waals surface area contributed by atoms with Gasteiger partial charge in [-0.3, -0.25) is 0 Å². The van der Waals surface area contributed by atoms with E-state index in [4.69, 9.17) is 49.8 Å². The van der Waals surface area contributed by atoms with Crippen LogP contribution >= 0.6 is 0 Å². The normalized spacial score (nSPS) is 7.09. The third-order valence-electron chi connectivity index (χ3n) is 0.512. The van der Waals surface area contributed by atoms with E-state index in [9.17, 15) is 9.59 Å². The van der Waals surface area contributed by atoms with Crippen LogP contribution in [0.3, 0.4) is 0 Å². The minimum absolute atomic E-state index is 0. The minimum Gasteiger partial charge on any atom is -0.483 e. The van der Waals surface area contributed by atoms with Crippen molar-refractivity contribution in [3.05, 3.63) is 0 Å². The van der Waals surface area contributed by atoms with Crippen LogP contribution in [0.1, 0.15) is 0 Å². The van der Waals surface area contributed by atoms with Crippen molar-refractivity contribution in [1.29, 1.82) is 0 Å². The Bertz CT molecular complexity index is 314. The summed E-state index contributed by atoms with van der Waals surface area (Å²) in [4.78, 5) is 54.8. The van der Waals surface area contributed by atoms with E-state index in [-0.39, 0.29) is 31.1 Å². The van der Waals surface area contributed by atoms with Crippen LogP contribution in [-0.4, -0.2) is 52.3 Å². The average molecular weight is 553 g/mol. The van der Waals surface area contributed by atoms with Crippen LogP contribution in [0.4, 0.5) is 28.8 Å². The Hall–Kier alpha value is -2.73. The monoisotopic (exact) mass is 553 g/mol. The van der Waals surface area contributed by atoms with Crippen LogP contribution in [0, 0.1) is 31.1 Å². The SMILES string of the molecule is O=C(O)OC(=O)O.O=C([O-])OC(=O)O.O=C([O-])OC(=O)[O-].[U+3]. The van der Waals surface area contributed by atoms with Gasteiger partial charge in [0.2, 0.25) is 0 Å². The fourth-order valence-electron chi connectivity index (χ4n) is 0.214. The summed E-state index contributed by atoms with van der Waals surface area (Å²) < 4.78 is 8.92. The summed E-state index contributed by atoms with van der Waals surface area (Å²) >= 11 is 0. The molecule has 0 heterocycles. The number of hydrogen-bond donors (Lipinski definition) is 3. The van der Waals surface area contributed by atoms with Crippen molar-refractivity contribution in [2.45, 2.75) is 0 Å². The van der Waals surface area contributed by atoms with Gasteiger partial charge in [-0.1, -0.05) is 0 Å². The zero-order chi connectivity index (χ0) is 17.6. The average Bonchev–Trinajstić information content (AvgIpc) is 2.10. The number of carboxylic acid groups (broad SMARTS) is 6. The van der Waals surface area contributed by atoms with Gasteiger partial charge in [0.05, 0.1) is 0 Å². The molecule has 0 saturated heterocycles. The topological polar surface area (TPSA) is 260 Å². The Balaban J connectivity index is -0.000000108. The van der Waals surface area contributed by atoms with E-state index >= 15 is 0 Å². The van der Waals surface area contributed by atoms with E-state index in [1.54, 1.807) is 0 Å². The molecule has 0 bridgehead atoms. The number of hydrogen-bond acceptors (Lipinski definition) is 12. The van der Waals surface area contributed by atoms with Crippen LogP contribution < -0.4 is 15.3 Å². The second kappa shape index (κ2) is 16.3. The Kier molecular flexibility index (Phi) is 20.5. The second-order valence-corrected chi connectivity index (χ2v) is 1.85. The molecule has 1 radical (unpaired) electrons. The molecule has 0 amide bonds. The van der Waals surface area contributed by atoms with Gasteiger partial charge in [-0.05, 0) is 0 Å². The molecule has 0 aromatic carbocycles. The summed E-state index contributed by atoms with van der Waals surface area (Å²) in [5.74, 6) is 0. The third kappa shape index (κ3) is 53.2. The Labute approximate surface area is 142 Å². The predicted molar refractivity (Wildman–Crippen MR) is 43.5 cm³/mol. The second-order valence-electron chi connectivity index (χ2n) is 1.85. The molecule has 16 heteroatoms. The fraction of sp³-hybridized carbons (Fsp3) is 0. The molecule has 0 aromatic rings. The largest absolute Gasteiger partial charge is 3.00 e. The van der Waals surface area contributed by atoms with Gasteiger partial charge < -0.3 is 59.2 Å². The molecule has 0 aromatic heterocycles. The van der Waals surface area contributed by atoms with Gasteiger partial charge in [-0.15, -0.1) is 0 Å². The first-order valence-corrected chi connectivity index (χ1v) is 3.73. The van der Waals surface area contributed by atoms with Crippen LogP contribution in [-0.2, 0) is 14.2 Å². The molecule has 121 valence electrons. The summed E-state index contributed by atoms with van der Waals surface area (Å²) in [5, 5.41) is 49.6. The van der Waals surface area contributed by atoms with Gasteiger partial charge in [0.1, 0.15) is 0 Å². The molecule has 22 heavy (non-hydrogen) atoms. The van der Waals surface area contributed by atoms with Gasteiger partial charge in [0.25, 0.3) is 18.5 Å². The molecule has 0 aliphatic heterocycles. The van der Waals surface area contributed by atoms with Gasteiger partial charge in [-0.2, -0.15) is 0 Å². The number of carbonyl (C=O) groups excluding carboxylic acids is 3. The molecule has 0 unspecified atom stereocenters. The quantitative estimate of drug-likeness (QED) is 0.154. The Morgan fingerprint density at radius 2 is 0.773 bits per heavy atom. The molecular formula is C6H3O15U. The molecule has 0 aliphatic carbocycles. The fourth-order valence-corrected chi connectivity index (χ4v) is 0.214. The van der Waals surface area contributed by atoms with Crippen molar-refractivity contribution in [3.63, 3.8) is 0 Å². The van der Waals surface area contributed by atoms with E-state index in [0.29, 0.717) is 0 Å². The molecule has 0 atom stereocenters. The molecule has 0 aliphatic rings. The smallest absolute Gasteiger partial charge is 0.483 e. The van der Waals surface area contributed by atoms with Crippen molar-refractivity contribution in [2.24, 2.45) is 0 Å². The number of rotatable bonds is 0.